The second-order valence-electron chi connectivity index (χ2n) is 8.28. The number of nitrogens with one attached hydrogen (secondary N) is 1. The molecule has 0 bridgehead atoms. The van der Waals surface area contributed by atoms with E-state index in [4.69, 9.17) is 13.9 Å². The molecule has 182 valence electrons. The molecule has 1 aromatic carbocycles. The highest BCUT2D eigenvalue weighted by molar-refractivity contribution is 7.84. The lowest BCUT2D eigenvalue weighted by atomic mass is 10.2. The van der Waals surface area contributed by atoms with Crippen molar-refractivity contribution in [1.29, 1.82) is 0 Å². The first-order chi connectivity index (χ1) is 16.0. The zero-order chi connectivity index (χ0) is 23.6. The molecule has 33 heavy (non-hydrogen) atoms. The highest BCUT2D eigenvalue weighted by atomic mass is 32.2. The number of methoxy groups -OCH3 is 2. The zero-order valence-corrected chi connectivity index (χ0v) is 20.7. The number of carbonyl (C=O) groups excluding carboxylic acids is 1. The van der Waals surface area contributed by atoms with Crippen molar-refractivity contribution in [3.05, 3.63) is 29.7 Å². The van der Waals surface area contributed by atoms with E-state index < -0.39 is 10.8 Å². The molecular weight excluding hydrogens is 442 g/mol. The fourth-order valence-corrected chi connectivity index (χ4v) is 5.02. The van der Waals surface area contributed by atoms with E-state index in [0.717, 1.165) is 31.6 Å². The average molecular weight is 478 g/mol. The fourth-order valence-electron chi connectivity index (χ4n) is 3.95. The Morgan fingerprint density at radius 2 is 1.88 bits per heavy atom. The quantitative estimate of drug-likeness (QED) is 0.496. The maximum Gasteiger partial charge on any atom is 0.232 e. The number of aromatic nitrogens is 1. The molecule has 8 nitrogen and oxygen atoms in total. The zero-order valence-electron chi connectivity index (χ0n) is 19.9. The molecule has 2 aromatic rings. The van der Waals surface area contributed by atoms with Crippen LogP contribution >= 0.6 is 0 Å². The molecule has 0 spiro atoms. The predicted octanol–water partition coefficient (Wildman–Crippen LogP) is 3.30. The third-order valence-electron chi connectivity index (χ3n) is 5.78. The number of ether oxygens (including phenoxy) is 2. The van der Waals surface area contributed by atoms with E-state index in [-0.39, 0.29) is 17.4 Å². The Balaban J connectivity index is 1.46. The minimum atomic E-state index is -1.37. The largest absolute Gasteiger partial charge is 0.493 e. The Kier molecular flexibility index (Phi) is 9.75. The van der Waals surface area contributed by atoms with Crippen LogP contribution in [0.15, 0.2) is 22.6 Å². The number of amides is 1. The van der Waals surface area contributed by atoms with E-state index in [1.54, 1.807) is 33.3 Å². The number of likely N-dealkylation sites (tertiary alicyclic amines) is 1. The topological polar surface area (TPSA) is 93.9 Å². The van der Waals surface area contributed by atoms with Gasteiger partial charge >= 0.3 is 0 Å². The van der Waals surface area contributed by atoms with E-state index in [1.165, 1.54) is 25.7 Å². The number of benzene rings is 1. The highest BCUT2D eigenvalue weighted by Gasteiger charge is 2.17. The van der Waals surface area contributed by atoms with Gasteiger partial charge in [0.1, 0.15) is 11.5 Å². The van der Waals surface area contributed by atoms with Crippen LogP contribution in [0.25, 0.3) is 11.5 Å². The van der Waals surface area contributed by atoms with Gasteiger partial charge in [0.2, 0.25) is 11.8 Å². The van der Waals surface area contributed by atoms with Crippen LogP contribution in [0.4, 0.5) is 0 Å². The van der Waals surface area contributed by atoms with Crippen LogP contribution in [-0.2, 0) is 21.3 Å². The van der Waals surface area contributed by atoms with Crippen molar-refractivity contribution in [2.75, 3.05) is 46.2 Å². The van der Waals surface area contributed by atoms with Gasteiger partial charge in [-0.05, 0) is 64.0 Å². The summed E-state index contributed by atoms with van der Waals surface area (Å²) in [6.45, 7) is 5.70. The predicted molar refractivity (Wildman–Crippen MR) is 129 cm³/mol. The number of hydrogen-bond acceptors (Lipinski definition) is 7. The van der Waals surface area contributed by atoms with Gasteiger partial charge in [-0.3, -0.25) is 9.00 Å². The van der Waals surface area contributed by atoms with Crippen molar-refractivity contribution in [2.45, 2.75) is 44.8 Å². The number of nitrogens with zero attached hydrogens (tertiary/aromatic N) is 2. The Bertz CT molecular complexity index is 938. The maximum absolute atomic E-state index is 12.5. The lowest BCUT2D eigenvalue weighted by Crippen LogP contribution is -2.32. The molecule has 1 saturated heterocycles. The minimum Gasteiger partial charge on any atom is -0.493 e. The van der Waals surface area contributed by atoms with Crippen LogP contribution in [0.5, 0.6) is 11.5 Å². The number of rotatable bonds is 11. The summed E-state index contributed by atoms with van der Waals surface area (Å²) in [5, 5.41) is 2.90. The average Bonchev–Trinajstić information content (AvgIpc) is 3.00. The molecule has 1 fully saturated rings. The minimum absolute atomic E-state index is 0.0400. The van der Waals surface area contributed by atoms with Crippen molar-refractivity contribution in [3.63, 3.8) is 0 Å². The smallest absolute Gasteiger partial charge is 0.232 e. The normalized spacial score (nSPS) is 15.6. The summed E-state index contributed by atoms with van der Waals surface area (Å²) in [5.74, 6) is 2.13. The van der Waals surface area contributed by atoms with Crippen molar-refractivity contribution < 1.29 is 22.9 Å². The van der Waals surface area contributed by atoms with Gasteiger partial charge < -0.3 is 24.1 Å². The van der Waals surface area contributed by atoms with Crippen LogP contribution in [0.1, 0.15) is 43.6 Å². The molecule has 0 aliphatic carbocycles. The standard InChI is InChI=1S/C24H35N3O5S/c1-18-20(26-24(32-18)19-9-10-21(30-2)22(15-19)31-3)16-33(29)17-23(28)25-11-8-14-27-12-6-4-5-7-13-27/h9-10,15H,4-8,11-14,16-17H2,1-3H3,(H,25,28)/t33-/m0/s1. The summed E-state index contributed by atoms with van der Waals surface area (Å²) in [5.41, 5.74) is 1.32. The molecule has 9 heteroatoms. The van der Waals surface area contributed by atoms with Crippen molar-refractivity contribution >= 4 is 16.7 Å². The molecule has 1 aliphatic rings. The van der Waals surface area contributed by atoms with Gasteiger partial charge in [-0.1, -0.05) is 12.8 Å². The number of aryl methyl sites for hydroxylation is 1. The van der Waals surface area contributed by atoms with E-state index >= 15 is 0 Å². The molecule has 0 saturated carbocycles. The summed E-state index contributed by atoms with van der Waals surface area (Å²) < 4.78 is 28.9. The van der Waals surface area contributed by atoms with Gasteiger partial charge in [-0.25, -0.2) is 4.98 Å². The third-order valence-corrected chi connectivity index (χ3v) is 6.96. The highest BCUT2D eigenvalue weighted by Crippen LogP contribution is 2.32. The summed E-state index contributed by atoms with van der Waals surface area (Å²) in [6.07, 6.45) is 6.08. The first-order valence-corrected chi connectivity index (χ1v) is 13.0. The lowest BCUT2D eigenvalue weighted by Gasteiger charge is -2.19. The van der Waals surface area contributed by atoms with E-state index in [1.807, 2.05) is 6.07 Å². The van der Waals surface area contributed by atoms with Gasteiger partial charge in [0.25, 0.3) is 0 Å². The van der Waals surface area contributed by atoms with Crippen LogP contribution in [0.3, 0.4) is 0 Å². The van der Waals surface area contributed by atoms with Crippen molar-refractivity contribution in [3.8, 4) is 23.0 Å². The van der Waals surface area contributed by atoms with Gasteiger partial charge in [-0.2, -0.15) is 0 Å². The van der Waals surface area contributed by atoms with E-state index in [9.17, 15) is 9.00 Å². The second kappa shape index (κ2) is 12.7. The molecule has 1 aliphatic heterocycles. The van der Waals surface area contributed by atoms with Gasteiger partial charge in [-0.15, -0.1) is 0 Å². The lowest BCUT2D eigenvalue weighted by molar-refractivity contribution is -0.118. The van der Waals surface area contributed by atoms with Crippen LogP contribution in [0.2, 0.25) is 0 Å². The monoisotopic (exact) mass is 477 g/mol. The SMILES string of the molecule is COc1ccc(-c2nc(C[S@](=O)CC(=O)NCCCN3CCCCCC3)c(C)o2)cc1OC. The van der Waals surface area contributed by atoms with Crippen LogP contribution in [-0.4, -0.2) is 66.2 Å². The molecule has 1 aromatic heterocycles. The Morgan fingerprint density at radius 1 is 1.15 bits per heavy atom. The molecule has 1 amide bonds. The third kappa shape index (κ3) is 7.57. The maximum atomic E-state index is 12.5. The number of carbonyl (C=O) groups is 1. The molecule has 1 atom stereocenters. The van der Waals surface area contributed by atoms with Crippen LogP contribution in [0, 0.1) is 6.92 Å². The Morgan fingerprint density at radius 3 is 2.58 bits per heavy atom. The summed E-state index contributed by atoms with van der Waals surface area (Å²) in [7, 11) is 1.77. The molecule has 3 rings (SSSR count). The van der Waals surface area contributed by atoms with Crippen LogP contribution < -0.4 is 14.8 Å². The van der Waals surface area contributed by atoms with Gasteiger partial charge in [0.05, 0.1) is 25.7 Å². The molecule has 2 heterocycles. The Hall–Kier alpha value is -2.39. The van der Waals surface area contributed by atoms with Gasteiger partial charge in [0, 0.05) is 22.9 Å². The molecular formula is C24H35N3O5S. The summed E-state index contributed by atoms with van der Waals surface area (Å²) >= 11 is 0. The van der Waals surface area contributed by atoms with Gasteiger partial charge in [0.15, 0.2) is 11.5 Å². The van der Waals surface area contributed by atoms with E-state index in [0.29, 0.717) is 35.4 Å². The number of hydrogen-bond donors (Lipinski definition) is 1. The molecule has 0 unspecified atom stereocenters. The van der Waals surface area contributed by atoms with Crippen molar-refractivity contribution in [1.82, 2.24) is 15.2 Å². The number of oxazole rings is 1. The summed E-state index contributed by atoms with van der Waals surface area (Å²) in [4.78, 5) is 19.2. The Labute approximate surface area is 198 Å². The first kappa shape index (κ1) is 25.2. The summed E-state index contributed by atoms with van der Waals surface area (Å²) in [6, 6.07) is 5.39. The van der Waals surface area contributed by atoms with E-state index in [2.05, 4.69) is 15.2 Å². The fraction of sp³-hybridized carbons (Fsp3) is 0.583. The molecule has 1 N–H and O–H groups in total. The van der Waals surface area contributed by atoms with Crippen molar-refractivity contribution in [2.24, 2.45) is 0 Å². The molecule has 0 radical (unpaired) electrons. The first-order valence-electron chi connectivity index (χ1n) is 11.5. The second-order valence-corrected chi connectivity index (χ2v) is 9.74.